The number of hydrogen-bond donors (Lipinski definition) is 2. The van der Waals surface area contributed by atoms with Gasteiger partial charge in [-0.25, -0.2) is 0 Å². The van der Waals surface area contributed by atoms with Crippen molar-refractivity contribution < 1.29 is 9.90 Å². The van der Waals surface area contributed by atoms with Crippen molar-refractivity contribution in [2.75, 3.05) is 0 Å². The predicted molar refractivity (Wildman–Crippen MR) is 58.8 cm³/mol. The molecule has 3 heteroatoms. The SMILES string of the molecule is CC(NC1CC2(CCCCC2)C1)C(=O)O. The molecule has 0 bridgehead atoms. The molecular weight excluding hydrogens is 190 g/mol. The van der Waals surface area contributed by atoms with E-state index in [1.807, 2.05) is 0 Å². The van der Waals surface area contributed by atoms with E-state index in [0.29, 0.717) is 11.5 Å². The zero-order chi connectivity index (χ0) is 10.9. The molecule has 15 heavy (non-hydrogen) atoms. The summed E-state index contributed by atoms with van der Waals surface area (Å²) in [6.45, 7) is 1.73. The lowest BCUT2D eigenvalue weighted by atomic mass is 9.58. The molecule has 0 aromatic rings. The van der Waals surface area contributed by atoms with Gasteiger partial charge in [0.25, 0.3) is 0 Å². The van der Waals surface area contributed by atoms with Crippen molar-refractivity contribution in [1.82, 2.24) is 5.32 Å². The minimum atomic E-state index is -0.736. The first-order chi connectivity index (χ1) is 7.11. The van der Waals surface area contributed by atoms with Crippen LogP contribution >= 0.6 is 0 Å². The second kappa shape index (κ2) is 4.12. The summed E-state index contributed by atoms with van der Waals surface area (Å²) in [4.78, 5) is 10.7. The predicted octanol–water partition coefficient (Wildman–Crippen LogP) is 2.16. The molecule has 86 valence electrons. The summed E-state index contributed by atoms with van der Waals surface area (Å²) < 4.78 is 0. The van der Waals surface area contributed by atoms with Crippen molar-refractivity contribution in [1.29, 1.82) is 0 Å². The van der Waals surface area contributed by atoms with E-state index >= 15 is 0 Å². The quantitative estimate of drug-likeness (QED) is 0.752. The van der Waals surface area contributed by atoms with E-state index in [9.17, 15) is 4.79 Å². The highest BCUT2D eigenvalue weighted by atomic mass is 16.4. The Morgan fingerprint density at radius 2 is 1.93 bits per heavy atom. The second-order valence-corrected chi connectivity index (χ2v) is 5.39. The van der Waals surface area contributed by atoms with Gasteiger partial charge < -0.3 is 10.4 Å². The Kier molecular flexibility index (Phi) is 3.01. The van der Waals surface area contributed by atoms with Gasteiger partial charge in [0, 0.05) is 6.04 Å². The van der Waals surface area contributed by atoms with E-state index in [1.54, 1.807) is 6.92 Å². The number of carboxylic acids is 1. The van der Waals surface area contributed by atoms with E-state index in [4.69, 9.17) is 5.11 Å². The maximum atomic E-state index is 10.7. The van der Waals surface area contributed by atoms with Gasteiger partial charge in [-0.2, -0.15) is 0 Å². The fourth-order valence-corrected chi connectivity index (χ4v) is 3.24. The van der Waals surface area contributed by atoms with Gasteiger partial charge in [0.15, 0.2) is 0 Å². The summed E-state index contributed by atoms with van der Waals surface area (Å²) in [5.41, 5.74) is 0.591. The van der Waals surface area contributed by atoms with Crippen molar-refractivity contribution >= 4 is 5.97 Å². The third kappa shape index (κ3) is 2.33. The smallest absolute Gasteiger partial charge is 0.320 e. The maximum absolute atomic E-state index is 10.7. The molecule has 0 amide bonds. The fraction of sp³-hybridized carbons (Fsp3) is 0.917. The van der Waals surface area contributed by atoms with Crippen molar-refractivity contribution in [2.24, 2.45) is 5.41 Å². The molecule has 0 radical (unpaired) electrons. The summed E-state index contributed by atoms with van der Waals surface area (Å²) in [6, 6.07) is 0.0603. The monoisotopic (exact) mass is 211 g/mol. The van der Waals surface area contributed by atoms with Crippen LogP contribution in [-0.4, -0.2) is 23.2 Å². The molecule has 0 heterocycles. The molecule has 1 unspecified atom stereocenters. The number of nitrogens with one attached hydrogen (secondary N) is 1. The van der Waals surface area contributed by atoms with E-state index in [-0.39, 0.29) is 0 Å². The molecule has 2 N–H and O–H groups in total. The molecule has 1 spiro atoms. The molecule has 2 aliphatic rings. The van der Waals surface area contributed by atoms with E-state index in [1.165, 1.54) is 44.9 Å². The maximum Gasteiger partial charge on any atom is 0.320 e. The van der Waals surface area contributed by atoms with Crippen LogP contribution in [0.15, 0.2) is 0 Å². The van der Waals surface area contributed by atoms with Crippen LogP contribution in [0.5, 0.6) is 0 Å². The third-order valence-corrected chi connectivity index (χ3v) is 4.13. The summed E-state index contributed by atoms with van der Waals surface area (Å²) in [5, 5.41) is 12.0. The van der Waals surface area contributed by atoms with Gasteiger partial charge in [-0.1, -0.05) is 19.3 Å². The summed E-state index contributed by atoms with van der Waals surface area (Å²) in [7, 11) is 0. The lowest BCUT2D eigenvalue weighted by molar-refractivity contribution is -0.139. The number of rotatable bonds is 3. The van der Waals surface area contributed by atoms with Crippen LogP contribution in [0.3, 0.4) is 0 Å². The first kappa shape index (κ1) is 10.9. The first-order valence-corrected chi connectivity index (χ1v) is 6.10. The number of aliphatic carboxylic acids is 1. The topological polar surface area (TPSA) is 49.3 Å². The molecule has 0 aliphatic heterocycles. The molecule has 2 rings (SSSR count). The Bertz CT molecular complexity index is 238. The Balaban J connectivity index is 1.75. The first-order valence-electron chi connectivity index (χ1n) is 6.10. The average molecular weight is 211 g/mol. The molecule has 1 atom stereocenters. The van der Waals surface area contributed by atoms with Gasteiger partial charge in [0.1, 0.15) is 6.04 Å². The average Bonchev–Trinajstić information content (AvgIpc) is 2.16. The van der Waals surface area contributed by atoms with Crippen LogP contribution in [0.4, 0.5) is 0 Å². The van der Waals surface area contributed by atoms with Crippen LogP contribution in [0.1, 0.15) is 51.9 Å². The normalized spacial score (nSPS) is 27.3. The van der Waals surface area contributed by atoms with Crippen LogP contribution in [0.2, 0.25) is 0 Å². The van der Waals surface area contributed by atoms with E-state index in [0.717, 1.165) is 0 Å². The van der Waals surface area contributed by atoms with Crippen LogP contribution in [-0.2, 0) is 4.79 Å². The number of hydrogen-bond acceptors (Lipinski definition) is 2. The lowest BCUT2D eigenvalue weighted by Gasteiger charge is -2.51. The van der Waals surface area contributed by atoms with Crippen LogP contribution in [0.25, 0.3) is 0 Å². The van der Waals surface area contributed by atoms with Gasteiger partial charge in [-0.05, 0) is 38.0 Å². The van der Waals surface area contributed by atoms with Crippen molar-refractivity contribution in [3.05, 3.63) is 0 Å². The van der Waals surface area contributed by atoms with Gasteiger partial charge in [-0.3, -0.25) is 4.79 Å². The second-order valence-electron chi connectivity index (χ2n) is 5.39. The minimum absolute atomic E-state index is 0.393. The highest BCUT2D eigenvalue weighted by Crippen LogP contribution is 2.51. The van der Waals surface area contributed by atoms with Gasteiger partial charge in [0.05, 0.1) is 0 Å². The van der Waals surface area contributed by atoms with E-state index in [2.05, 4.69) is 5.32 Å². The van der Waals surface area contributed by atoms with Gasteiger partial charge in [0.2, 0.25) is 0 Å². The molecule has 2 fully saturated rings. The number of carbonyl (C=O) groups is 1. The molecule has 2 saturated carbocycles. The van der Waals surface area contributed by atoms with Crippen molar-refractivity contribution in [3.63, 3.8) is 0 Å². The van der Waals surface area contributed by atoms with Crippen LogP contribution < -0.4 is 5.32 Å². The molecule has 0 aromatic carbocycles. The zero-order valence-corrected chi connectivity index (χ0v) is 9.46. The molecule has 3 nitrogen and oxygen atoms in total. The summed E-state index contributed by atoms with van der Waals surface area (Å²) in [6.07, 6.45) is 9.28. The molecular formula is C12H21NO2. The molecule has 0 saturated heterocycles. The molecule has 0 aromatic heterocycles. The summed E-state index contributed by atoms with van der Waals surface area (Å²) >= 11 is 0. The van der Waals surface area contributed by atoms with Crippen molar-refractivity contribution in [3.8, 4) is 0 Å². The Labute approximate surface area is 91.2 Å². The van der Waals surface area contributed by atoms with Crippen LogP contribution in [0, 0.1) is 5.41 Å². The highest BCUT2D eigenvalue weighted by molar-refractivity contribution is 5.72. The summed E-state index contributed by atoms with van der Waals surface area (Å²) in [5.74, 6) is -0.736. The standard InChI is InChI=1S/C12H21NO2/c1-9(11(14)15)13-10-7-12(8-10)5-3-2-4-6-12/h9-10,13H,2-8H2,1H3,(H,14,15). The minimum Gasteiger partial charge on any atom is -0.480 e. The number of carboxylic acid groups (broad SMARTS) is 1. The third-order valence-electron chi connectivity index (χ3n) is 4.13. The Hall–Kier alpha value is -0.570. The largest absolute Gasteiger partial charge is 0.480 e. The highest BCUT2D eigenvalue weighted by Gasteiger charge is 2.44. The zero-order valence-electron chi connectivity index (χ0n) is 9.46. The molecule has 2 aliphatic carbocycles. The Morgan fingerprint density at radius 1 is 1.33 bits per heavy atom. The van der Waals surface area contributed by atoms with Gasteiger partial charge >= 0.3 is 5.97 Å². The Morgan fingerprint density at radius 3 is 2.47 bits per heavy atom. The van der Waals surface area contributed by atoms with Gasteiger partial charge in [-0.15, -0.1) is 0 Å². The fourth-order valence-electron chi connectivity index (χ4n) is 3.24. The van der Waals surface area contributed by atoms with Crippen molar-refractivity contribution in [2.45, 2.75) is 64.0 Å². The lowest BCUT2D eigenvalue weighted by Crippen LogP contribution is -2.53. The van der Waals surface area contributed by atoms with E-state index < -0.39 is 12.0 Å².